The second kappa shape index (κ2) is 9.10. The molecule has 0 saturated heterocycles. The molecule has 0 saturated carbocycles. The maximum absolute atomic E-state index is 13.3. The van der Waals surface area contributed by atoms with Crippen molar-refractivity contribution in [2.24, 2.45) is 0 Å². The number of nitrogens with one attached hydrogen (secondary N) is 1. The Morgan fingerprint density at radius 3 is 2.58 bits per heavy atom. The zero-order valence-corrected chi connectivity index (χ0v) is 18.6. The second-order valence-corrected chi connectivity index (χ2v) is 10.1. The summed E-state index contributed by atoms with van der Waals surface area (Å²) in [5.41, 5.74) is 3.16. The molecule has 2 aromatic carbocycles. The average Bonchev–Trinajstić information content (AvgIpc) is 3.14. The first-order valence-corrected chi connectivity index (χ1v) is 12.3. The minimum atomic E-state index is -3.69. The predicted octanol–water partition coefficient (Wildman–Crippen LogP) is 4.79. The van der Waals surface area contributed by atoms with E-state index in [0.717, 1.165) is 30.3 Å². The van der Waals surface area contributed by atoms with Crippen LogP contribution in [0, 0.1) is 6.92 Å². The quantitative estimate of drug-likeness (QED) is 0.542. The Morgan fingerprint density at radius 1 is 1.06 bits per heavy atom. The van der Waals surface area contributed by atoms with Crippen molar-refractivity contribution >= 4 is 26.6 Å². The Balaban J connectivity index is 1.54. The molecule has 4 rings (SSSR count). The van der Waals surface area contributed by atoms with Crippen LogP contribution in [-0.4, -0.2) is 25.4 Å². The summed E-state index contributed by atoms with van der Waals surface area (Å²) >= 11 is 0. The number of fused-ring (bicyclic) bond motifs is 1. The van der Waals surface area contributed by atoms with Crippen molar-refractivity contribution in [1.82, 2.24) is 9.88 Å². The lowest BCUT2D eigenvalue weighted by Crippen LogP contribution is -2.28. The van der Waals surface area contributed by atoms with Crippen LogP contribution < -0.4 is 5.32 Å². The zero-order chi connectivity index (χ0) is 21.8. The number of sulfone groups is 1. The molecule has 6 heteroatoms. The van der Waals surface area contributed by atoms with E-state index in [0.29, 0.717) is 11.9 Å². The van der Waals surface area contributed by atoms with Gasteiger partial charge in [-0.05, 0) is 57.2 Å². The predicted molar refractivity (Wildman–Crippen MR) is 123 cm³/mol. The summed E-state index contributed by atoms with van der Waals surface area (Å²) < 4.78 is 28.3. The molecule has 1 amide bonds. The summed E-state index contributed by atoms with van der Waals surface area (Å²) in [6.07, 6.45) is 9.50. The molecule has 0 spiro atoms. The monoisotopic (exact) mass is 436 g/mol. The van der Waals surface area contributed by atoms with Crippen molar-refractivity contribution < 1.29 is 13.2 Å². The molecule has 0 bridgehead atoms. The van der Waals surface area contributed by atoms with Gasteiger partial charge in [-0.2, -0.15) is 0 Å². The minimum absolute atomic E-state index is 0.0863. The molecule has 1 aromatic heterocycles. The molecule has 0 atom stereocenters. The van der Waals surface area contributed by atoms with Gasteiger partial charge < -0.3 is 9.88 Å². The summed E-state index contributed by atoms with van der Waals surface area (Å²) in [5, 5.41) is 3.61. The average molecular weight is 437 g/mol. The summed E-state index contributed by atoms with van der Waals surface area (Å²) in [5.74, 6) is -0.114. The molecule has 1 aliphatic carbocycles. The lowest BCUT2D eigenvalue weighted by molar-refractivity contribution is -0.121. The van der Waals surface area contributed by atoms with E-state index in [1.807, 2.05) is 25.1 Å². The van der Waals surface area contributed by atoms with Crippen LogP contribution in [0.3, 0.4) is 0 Å². The molecule has 31 heavy (non-hydrogen) atoms. The fourth-order valence-electron chi connectivity index (χ4n) is 4.11. The van der Waals surface area contributed by atoms with Crippen LogP contribution in [0.2, 0.25) is 0 Å². The van der Waals surface area contributed by atoms with Crippen LogP contribution in [0.15, 0.2) is 76.2 Å². The number of nitrogens with zero attached hydrogens (tertiary/aromatic N) is 1. The van der Waals surface area contributed by atoms with Gasteiger partial charge in [0.05, 0.1) is 9.79 Å². The van der Waals surface area contributed by atoms with Gasteiger partial charge in [-0.15, -0.1) is 0 Å². The fraction of sp³-hybridized carbons (Fsp3) is 0.320. The second-order valence-electron chi connectivity index (χ2n) is 8.16. The number of aryl methyl sites for hydroxylation is 1. The number of rotatable bonds is 7. The van der Waals surface area contributed by atoms with Gasteiger partial charge in [-0.1, -0.05) is 47.5 Å². The van der Waals surface area contributed by atoms with E-state index < -0.39 is 9.84 Å². The van der Waals surface area contributed by atoms with Gasteiger partial charge in [0.25, 0.3) is 0 Å². The molecule has 1 heterocycles. The molecule has 0 fully saturated rings. The molecular weight excluding hydrogens is 408 g/mol. The van der Waals surface area contributed by atoms with Crippen molar-refractivity contribution in [2.45, 2.75) is 55.4 Å². The topological polar surface area (TPSA) is 68.2 Å². The first-order chi connectivity index (χ1) is 14.9. The third-order valence-electron chi connectivity index (χ3n) is 5.84. The van der Waals surface area contributed by atoms with Gasteiger partial charge in [-0.25, -0.2) is 8.42 Å². The summed E-state index contributed by atoms with van der Waals surface area (Å²) in [6, 6.07) is 14.2. The molecule has 0 unspecified atom stereocenters. The van der Waals surface area contributed by atoms with Crippen LogP contribution >= 0.6 is 0 Å². The standard InChI is InChI=1S/C25H28N2O3S/c1-19-11-13-21(14-12-19)31(29,30)24-17-27(23-10-6-5-9-22(23)24)18-25(28)26-16-15-20-7-3-2-4-8-20/h5-7,9-14,17H,2-4,8,15-16,18H2,1H3,(H,26,28). The SMILES string of the molecule is Cc1ccc(S(=O)(=O)c2cn(CC(=O)NCCC3=CCCCC3)c3ccccc23)cc1. The highest BCUT2D eigenvalue weighted by molar-refractivity contribution is 7.91. The summed E-state index contributed by atoms with van der Waals surface area (Å²) in [6.45, 7) is 2.62. The van der Waals surface area contributed by atoms with Crippen molar-refractivity contribution in [3.05, 3.63) is 71.9 Å². The smallest absolute Gasteiger partial charge is 0.239 e. The molecule has 1 N–H and O–H groups in total. The molecule has 0 radical (unpaired) electrons. The van der Waals surface area contributed by atoms with Gasteiger partial charge in [0.15, 0.2) is 0 Å². The Labute approximate surface area is 183 Å². The van der Waals surface area contributed by atoms with Gasteiger partial charge in [0.2, 0.25) is 15.7 Å². The molecular formula is C25H28N2O3S. The van der Waals surface area contributed by atoms with Crippen LogP contribution in [0.4, 0.5) is 0 Å². The van der Waals surface area contributed by atoms with Gasteiger partial charge in [0.1, 0.15) is 6.54 Å². The summed E-state index contributed by atoms with van der Waals surface area (Å²) in [4.78, 5) is 13.0. The lowest BCUT2D eigenvalue weighted by Gasteiger charge is -2.13. The normalized spacial score (nSPS) is 14.4. The fourth-order valence-corrected chi connectivity index (χ4v) is 5.58. The largest absolute Gasteiger partial charge is 0.354 e. The van der Waals surface area contributed by atoms with Crippen LogP contribution in [0.1, 0.15) is 37.7 Å². The zero-order valence-electron chi connectivity index (χ0n) is 17.8. The number of benzene rings is 2. The molecule has 1 aliphatic rings. The number of para-hydroxylation sites is 1. The van der Waals surface area contributed by atoms with Crippen LogP contribution in [-0.2, 0) is 21.2 Å². The highest BCUT2D eigenvalue weighted by Gasteiger charge is 2.23. The lowest BCUT2D eigenvalue weighted by atomic mass is 9.97. The van der Waals surface area contributed by atoms with Crippen LogP contribution in [0.5, 0.6) is 0 Å². The number of allylic oxidation sites excluding steroid dienone is 1. The van der Waals surface area contributed by atoms with Crippen molar-refractivity contribution in [3.8, 4) is 0 Å². The third-order valence-corrected chi connectivity index (χ3v) is 7.64. The molecule has 0 aliphatic heterocycles. The highest BCUT2D eigenvalue weighted by Crippen LogP contribution is 2.30. The number of aromatic nitrogens is 1. The van der Waals surface area contributed by atoms with Gasteiger partial charge >= 0.3 is 0 Å². The van der Waals surface area contributed by atoms with Crippen molar-refractivity contribution in [1.29, 1.82) is 0 Å². The molecule has 3 aromatic rings. The maximum atomic E-state index is 13.3. The number of carbonyl (C=O) groups excluding carboxylic acids is 1. The van der Waals surface area contributed by atoms with Crippen molar-refractivity contribution in [3.63, 3.8) is 0 Å². The van der Waals surface area contributed by atoms with Gasteiger partial charge in [0, 0.05) is 23.6 Å². The number of hydrogen-bond acceptors (Lipinski definition) is 3. The first kappa shape index (κ1) is 21.4. The van der Waals surface area contributed by atoms with E-state index >= 15 is 0 Å². The van der Waals surface area contributed by atoms with E-state index in [9.17, 15) is 13.2 Å². The van der Waals surface area contributed by atoms with E-state index in [1.165, 1.54) is 18.4 Å². The van der Waals surface area contributed by atoms with E-state index in [1.54, 1.807) is 41.1 Å². The number of carbonyl (C=O) groups is 1. The summed E-state index contributed by atoms with van der Waals surface area (Å²) in [7, 11) is -3.69. The maximum Gasteiger partial charge on any atom is 0.239 e. The van der Waals surface area contributed by atoms with E-state index in [2.05, 4.69) is 11.4 Å². The van der Waals surface area contributed by atoms with E-state index in [-0.39, 0.29) is 22.2 Å². The number of amides is 1. The Bertz CT molecular complexity index is 1220. The van der Waals surface area contributed by atoms with Crippen LogP contribution in [0.25, 0.3) is 10.9 Å². The number of hydrogen-bond donors (Lipinski definition) is 1. The first-order valence-electron chi connectivity index (χ1n) is 10.8. The van der Waals surface area contributed by atoms with Crippen molar-refractivity contribution in [2.75, 3.05) is 6.54 Å². The van der Waals surface area contributed by atoms with Gasteiger partial charge in [-0.3, -0.25) is 4.79 Å². The Hall–Kier alpha value is -2.86. The Kier molecular flexibility index (Phi) is 6.28. The highest BCUT2D eigenvalue weighted by atomic mass is 32.2. The third kappa shape index (κ3) is 4.74. The molecule has 5 nitrogen and oxygen atoms in total. The Morgan fingerprint density at radius 2 is 1.84 bits per heavy atom. The van der Waals surface area contributed by atoms with E-state index in [4.69, 9.17) is 0 Å². The molecule has 162 valence electrons. The minimum Gasteiger partial charge on any atom is -0.354 e.